The van der Waals surface area contributed by atoms with E-state index in [9.17, 15) is 29.4 Å². The van der Waals surface area contributed by atoms with Crippen molar-refractivity contribution < 1.29 is 47.6 Å². The zero-order valence-electron chi connectivity index (χ0n) is 45.9. The summed E-state index contributed by atoms with van der Waals surface area (Å²) in [4.78, 5) is 77.4. The minimum Gasteiger partial charge on any atom is -0.465 e. The van der Waals surface area contributed by atoms with Gasteiger partial charge in [0.1, 0.15) is 29.4 Å². The van der Waals surface area contributed by atoms with Crippen LogP contribution < -0.4 is 20.4 Å². The second kappa shape index (κ2) is 22.6. The standard InChI is InChI=1S/C61H72F2N10O8/c1-35-30-51(40-12-14-45-47(31-40)66-55(64-45)49-10-6-22-71(49)57(74)52(68-59(76)77)38-18-26-80-27-19-38)73(42-33-43(62)54(44(63)34-42)70-24-16-37(17-25-70)36-8-4-3-5-9-36)61(35,2)41-13-15-46-48(32-41)67-56(65-46)50-11-7-23-72(50)58(75)53(69-60(78)79)39-20-28-81-29-21-39/h3-5,8-9,12-15,31-35,37-39,49-53,68-69H,6-7,10-11,16-30H2,1-2H3,(H,64,66)(H,65,67)(H,76,77)(H,78,79)/t35?,49?,50?,51-,52?,53+,61+/m1/s1. The zero-order chi connectivity index (χ0) is 56.1. The minimum atomic E-state index is -1.25. The predicted octanol–water partition coefficient (Wildman–Crippen LogP) is 10.1. The van der Waals surface area contributed by atoms with E-state index in [1.807, 2.05) is 59.5 Å². The van der Waals surface area contributed by atoms with E-state index in [4.69, 9.17) is 19.4 Å². The number of imidazole rings is 2. The number of anilines is 2. The number of carbonyl (C=O) groups is 4. The summed E-state index contributed by atoms with van der Waals surface area (Å²) >= 11 is 0. The van der Waals surface area contributed by atoms with Crippen molar-refractivity contribution in [3.63, 3.8) is 0 Å². The van der Waals surface area contributed by atoms with E-state index >= 15 is 8.78 Å². The number of benzene rings is 4. The normalized spacial score (nSPS) is 25.0. The Balaban J connectivity index is 0.876. The first-order valence-electron chi connectivity index (χ1n) is 29.1. The van der Waals surface area contributed by atoms with Gasteiger partial charge in [0.25, 0.3) is 0 Å². The molecule has 6 N–H and O–H groups in total. The van der Waals surface area contributed by atoms with Gasteiger partial charge in [0.2, 0.25) is 11.8 Å². The molecule has 4 amide bonds. The Morgan fingerprint density at radius 3 is 1.69 bits per heavy atom. The second-order valence-electron chi connectivity index (χ2n) is 23.5. The number of H-pyrrole nitrogens is 2. The maximum absolute atomic E-state index is 17.1. The van der Waals surface area contributed by atoms with Crippen LogP contribution in [0.1, 0.15) is 137 Å². The van der Waals surface area contributed by atoms with Gasteiger partial charge in [-0.15, -0.1) is 0 Å². The molecule has 6 fully saturated rings. The number of likely N-dealkylation sites (tertiary alicyclic amines) is 2. The molecular weight excluding hydrogens is 1040 g/mol. The highest BCUT2D eigenvalue weighted by Crippen LogP contribution is 2.55. The van der Waals surface area contributed by atoms with Crippen LogP contribution >= 0.6 is 0 Å². The Bertz CT molecular complexity index is 3280. The molecular formula is C61H72F2N10O8. The Hall–Kier alpha value is -7.32. The number of halogens is 2. The van der Waals surface area contributed by atoms with Crippen molar-refractivity contribution >= 4 is 57.4 Å². The summed E-state index contributed by atoms with van der Waals surface area (Å²) in [6.07, 6.45) is 4.70. The van der Waals surface area contributed by atoms with Crippen LogP contribution in [0.3, 0.4) is 0 Å². The van der Waals surface area contributed by atoms with E-state index in [0.29, 0.717) is 132 Å². The Kier molecular flexibility index (Phi) is 15.1. The molecule has 7 atom stereocenters. The molecule has 18 nitrogen and oxygen atoms in total. The number of aromatic amines is 2. The van der Waals surface area contributed by atoms with Crippen molar-refractivity contribution in [1.29, 1.82) is 0 Å². The van der Waals surface area contributed by atoms with Gasteiger partial charge in [-0.1, -0.05) is 49.4 Å². The molecule has 6 aliphatic rings. The third kappa shape index (κ3) is 10.4. The van der Waals surface area contributed by atoms with Gasteiger partial charge < -0.3 is 59.9 Å². The highest BCUT2D eigenvalue weighted by molar-refractivity contribution is 5.87. The van der Waals surface area contributed by atoms with Gasteiger partial charge in [-0.05, 0) is 154 Å². The molecule has 4 unspecified atom stereocenters. The van der Waals surface area contributed by atoms with Crippen LogP contribution in [-0.4, -0.2) is 129 Å². The molecule has 0 aliphatic carbocycles. The fraction of sp³-hybridized carbons (Fsp3) is 0.508. The molecule has 4 aromatic carbocycles. The monoisotopic (exact) mass is 1110 g/mol. The quantitative estimate of drug-likeness (QED) is 0.0636. The van der Waals surface area contributed by atoms with E-state index in [1.54, 1.807) is 9.80 Å². The number of ether oxygens (including phenoxy) is 2. The molecule has 2 aromatic heterocycles. The number of carboxylic acid groups (broad SMARTS) is 2. The average molecular weight is 1110 g/mol. The second-order valence-corrected chi connectivity index (χ2v) is 23.5. The highest BCUT2D eigenvalue weighted by Gasteiger charge is 2.51. The van der Waals surface area contributed by atoms with Crippen LogP contribution in [0.4, 0.5) is 29.7 Å². The van der Waals surface area contributed by atoms with Gasteiger partial charge in [0.05, 0.1) is 45.7 Å². The molecule has 0 spiro atoms. The van der Waals surface area contributed by atoms with Crippen LogP contribution in [0.2, 0.25) is 0 Å². The third-order valence-corrected chi connectivity index (χ3v) is 19.0. The Labute approximate surface area is 468 Å². The first-order chi connectivity index (χ1) is 39.2. The molecule has 428 valence electrons. The highest BCUT2D eigenvalue weighted by atomic mass is 19.1. The number of amides is 4. The van der Waals surface area contributed by atoms with E-state index < -0.39 is 53.5 Å². The summed E-state index contributed by atoms with van der Waals surface area (Å²) < 4.78 is 45.3. The van der Waals surface area contributed by atoms with E-state index in [1.165, 1.54) is 17.7 Å². The van der Waals surface area contributed by atoms with E-state index in [0.717, 1.165) is 47.8 Å². The molecule has 12 rings (SSSR count). The van der Waals surface area contributed by atoms with Crippen LogP contribution in [0.5, 0.6) is 0 Å². The van der Waals surface area contributed by atoms with Gasteiger partial charge >= 0.3 is 12.2 Å². The number of fused-ring (bicyclic) bond motifs is 2. The maximum Gasteiger partial charge on any atom is 0.405 e. The van der Waals surface area contributed by atoms with Crippen molar-refractivity contribution in [2.75, 3.05) is 62.4 Å². The number of aromatic nitrogens is 4. The number of hydrogen-bond acceptors (Lipinski definition) is 10. The topological polar surface area (TPSA) is 222 Å². The molecule has 6 saturated heterocycles. The molecule has 8 heterocycles. The Morgan fingerprint density at radius 1 is 0.642 bits per heavy atom. The molecule has 0 bridgehead atoms. The molecule has 0 saturated carbocycles. The molecule has 6 aliphatic heterocycles. The molecule has 81 heavy (non-hydrogen) atoms. The lowest BCUT2D eigenvalue weighted by atomic mass is 9.81. The minimum absolute atomic E-state index is 0.0266. The van der Waals surface area contributed by atoms with Gasteiger partial charge in [0, 0.05) is 58.3 Å². The SMILES string of the molecule is CC1C[C@H](c2ccc3[nH]c(C4CCCN4C(=O)C(NC(=O)O)C4CCOCC4)nc3c2)N(c2cc(F)c(N3CCC(c4ccccc4)CC3)c(F)c2)[C@]1(C)c1ccc2[nH]c(C3CCCN3C(=O)[C@@H](NC(=O)O)C3CCOCC3)nc2c1. The number of carbonyl (C=O) groups excluding carboxylic acids is 2. The van der Waals surface area contributed by atoms with Gasteiger partial charge in [-0.25, -0.2) is 28.3 Å². The van der Waals surface area contributed by atoms with Crippen LogP contribution in [0.15, 0.2) is 78.9 Å². The van der Waals surface area contributed by atoms with Gasteiger partial charge in [0.15, 0.2) is 11.6 Å². The fourth-order valence-electron chi connectivity index (χ4n) is 14.6. The lowest BCUT2D eigenvalue weighted by Crippen LogP contribution is -2.52. The molecule has 6 aromatic rings. The number of nitrogens with zero attached hydrogens (tertiary/aromatic N) is 6. The van der Waals surface area contributed by atoms with Gasteiger partial charge in [-0.3, -0.25) is 9.59 Å². The lowest BCUT2D eigenvalue weighted by Gasteiger charge is -2.43. The van der Waals surface area contributed by atoms with Crippen molar-refractivity contribution in [2.45, 2.75) is 126 Å². The zero-order valence-corrected chi connectivity index (χ0v) is 45.9. The van der Waals surface area contributed by atoms with Crippen molar-refractivity contribution in [1.82, 2.24) is 40.4 Å². The van der Waals surface area contributed by atoms with E-state index in [2.05, 4.69) is 51.5 Å². The number of hydrogen-bond donors (Lipinski definition) is 6. The number of piperidine rings is 1. The van der Waals surface area contributed by atoms with Gasteiger partial charge in [-0.2, -0.15) is 0 Å². The summed E-state index contributed by atoms with van der Waals surface area (Å²) in [6.45, 7) is 8.09. The largest absolute Gasteiger partial charge is 0.465 e. The van der Waals surface area contributed by atoms with Crippen molar-refractivity contribution in [2.24, 2.45) is 17.8 Å². The predicted molar refractivity (Wildman–Crippen MR) is 300 cm³/mol. The summed E-state index contributed by atoms with van der Waals surface area (Å²) in [5.74, 6) is -0.756. The fourth-order valence-corrected chi connectivity index (χ4v) is 14.6. The summed E-state index contributed by atoms with van der Waals surface area (Å²) in [5.41, 5.74) is 5.35. The maximum atomic E-state index is 17.1. The van der Waals surface area contributed by atoms with Crippen LogP contribution in [-0.2, 0) is 24.6 Å². The molecule has 20 heteroatoms. The number of rotatable bonds is 13. The van der Waals surface area contributed by atoms with E-state index in [-0.39, 0.29) is 41.3 Å². The molecule has 0 radical (unpaired) electrons. The summed E-state index contributed by atoms with van der Waals surface area (Å²) in [5, 5.41) is 24.7. The average Bonchev–Trinajstić information content (AvgIpc) is 4.40. The Morgan fingerprint density at radius 2 is 1.16 bits per heavy atom. The lowest BCUT2D eigenvalue weighted by molar-refractivity contribution is -0.137. The van der Waals surface area contributed by atoms with Crippen molar-refractivity contribution in [3.8, 4) is 0 Å². The summed E-state index contributed by atoms with van der Waals surface area (Å²) in [7, 11) is 0. The summed E-state index contributed by atoms with van der Waals surface area (Å²) in [6, 6.07) is 22.3. The van der Waals surface area contributed by atoms with Crippen LogP contribution in [0, 0.1) is 29.4 Å². The first-order valence-corrected chi connectivity index (χ1v) is 29.1. The third-order valence-electron chi connectivity index (χ3n) is 19.0. The van der Waals surface area contributed by atoms with Crippen molar-refractivity contribution in [3.05, 3.63) is 119 Å². The first kappa shape index (κ1) is 54.3. The van der Waals surface area contributed by atoms with Crippen LogP contribution in [0.25, 0.3) is 22.1 Å². The smallest absolute Gasteiger partial charge is 0.405 e. The number of nitrogens with one attached hydrogen (secondary N) is 4.